The Hall–Kier alpha value is -1.02. The summed E-state index contributed by atoms with van der Waals surface area (Å²) >= 11 is 6.79. The zero-order valence-corrected chi connectivity index (χ0v) is 15.4. The lowest BCUT2D eigenvalue weighted by molar-refractivity contribution is -0.144. The van der Waals surface area contributed by atoms with Gasteiger partial charge in [-0.05, 0) is 49.7 Å². The number of carbonyl (C=O) groups excluding carboxylic acids is 1. The summed E-state index contributed by atoms with van der Waals surface area (Å²) in [6, 6.07) is 8.73. The van der Waals surface area contributed by atoms with Gasteiger partial charge in [0.1, 0.15) is 0 Å². The third-order valence-electron chi connectivity index (χ3n) is 5.26. The highest BCUT2D eigenvalue weighted by molar-refractivity contribution is 6.24. The molecule has 2 rings (SSSR count). The third-order valence-corrected chi connectivity index (χ3v) is 5.85. The van der Waals surface area contributed by atoms with Crippen LogP contribution >= 0.6 is 11.6 Å². The molecule has 0 saturated heterocycles. The van der Waals surface area contributed by atoms with Crippen LogP contribution in [0.15, 0.2) is 24.3 Å². The molecule has 2 unspecified atom stereocenters. The minimum Gasteiger partial charge on any atom is -0.466 e. The van der Waals surface area contributed by atoms with E-state index >= 15 is 0 Å². The second-order valence-electron chi connectivity index (χ2n) is 6.94. The lowest BCUT2D eigenvalue weighted by Crippen LogP contribution is -2.26. The molecule has 0 bridgehead atoms. The van der Waals surface area contributed by atoms with E-state index in [4.69, 9.17) is 16.3 Å². The van der Waals surface area contributed by atoms with Crippen LogP contribution in [0.1, 0.15) is 76.3 Å². The number of halogens is 1. The fourth-order valence-corrected chi connectivity index (χ4v) is 3.67. The summed E-state index contributed by atoms with van der Waals surface area (Å²) in [5.41, 5.74) is 2.51. The zero-order chi connectivity index (χ0) is 16.9. The number of benzene rings is 1. The van der Waals surface area contributed by atoms with Gasteiger partial charge in [-0.25, -0.2) is 0 Å². The Morgan fingerprint density at radius 2 is 1.87 bits per heavy atom. The summed E-state index contributed by atoms with van der Waals surface area (Å²) in [5, 5.41) is 0. The Morgan fingerprint density at radius 1 is 1.26 bits per heavy atom. The van der Waals surface area contributed by atoms with Gasteiger partial charge in [-0.2, -0.15) is 0 Å². The molecule has 0 aromatic heterocycles. The average Bonchev–Trinajstić information content (AvgIpc) is 2.56. The Balaban J connectivity index is 2.05. The highest BCUT2D eigenvalue weighted by atomic mass is 35.5. The predicted molar refractivity (Wildman–Crippen MR) is 95.9 cm³/mol. The van der Waals surface area contributed by atoms with Crippen LogP contribution in [0.2, 0.25) is 0 Å². The van der Waals surface area contributed by atoms with Gasteiger partial charge in [0.15, 0.2) is 0 Å². The van der Waals surface area contributed by atoms with Gasteiger partial charge in [-0.15, -0.1) is 11.6 Å². The maximum Gasteiger partial charge on any atom is 0.306 e. The molecule has 3 heteroatoms. The van der Waals surface area contributed by atoms with Gasteiger partial charge < -0.3 is 4.74 Å². The topological polar surface area (TPSA) is 26.3 Å². The molecule has 128 valence electrons. The minimum atomic E-state index is -0.558. The standard InChI is InChI=1S/C20H29ClO2/c1-4-23-19(22)14-15(2)20(3,21)18-12-10-17(11-13-18)16-8-6-5-7-9-16/h10-13,15-16H,4-9,14H2,1-3H3. The number of rotatable bonds is 6. The zero-order valence-electron chi connectivity index (χ0n) is 14.6. The molecule has 1 aromatic carbocycles. The molecular formula is C20H29ClO2. The normalized spacial score (nSPS) is 19.8. The van der Waals surface area contributed by atoms with Crippen molar-refractivity contribution in [2.75, 3.05) is 6.61 Å². The van der Waals surface area contributed by atoms with Gasteiger partial charge in [0.25, 0.3) is 0 Å². The van der Waals surface area contributed by atoms with Gasteiger partial charge >= 0.3 is 5.97 Å². The summed E-state index contributed by atoms with van der Waals surface area (Å²) in [6.45, 7) is 6.25. The summed E-state index contributed by atoms with van der Waals surface area (Å²) < 4.78 is 5.04. The molecule has 0 heterocycles. The van der Waals surface area contributed by atoms with Crippen molar-refractivity contribution in [3.63, 3.8) is 0 Å². The van der Waals surface area contributed by atoms with Gasteiger partial charge in [-0.1, -0.05) is 50.5 Å². The van der Waals surface area contributed by atoms with Gasteiger partial charge in [-0.3, -0.25) is 4.79 Å². The first-order valence-corrected chi connectivity index (χ1v) is 9.28. The van der Waals surface area contributed by atoms with E-state index in [1.54, 1.807) is 0 Å². The van der Waals surface area contributed by atoms with Crippen LogP contribution in [0, 0.1) is 5.92 Å². The van der Waals surface area contributed by atoms with E-state index in [-0.39, 0.29) is 11.9 Å². The monoisotopic (exact) mass is 336 g/mol. The van der Waals surface area contributed by atoms with Gasteiger partial charge in [0, 0.05) is 0 Å². The van der Waals surface area contributed by atoms with Crippen molar-refractivity contribution in [2.24, 2.45) is 5.92 Å². The summed E-state index contributed by atoms with van der Waals surface area (Å²) in [6.07, 6.45) is 7.01. The molecular weight excluding hydrogens is 308 g/mol. The van der Waals surface area contributed by atoms with Gasteiger partial charge in [0.05, 0.1) is 17.9 Å². The Bertz CT molecular complexity index is 501. The van der Waals surface area contributed by atoms with Crippen molar-refractivity contribution in [1.82, 2.24) is 0 Å². The van der Waals surface area contributed by atoms with Crippen molar-refractivity contribution in [2.45, 2.75) is 70.1 Å². The Morgan fingerprint density at radius 3 is 2.43 bits per heavy atom. The van der Waals surface area contributed by atoms with Crippen LogP contribution in [0.4, 0.5) is 0 Å². The number of hydrogen-bond donors (Lipinski definition) is 0. The number of carbonyl (C=O) groups is 1. The number of alkyl halides is 1. The maximum absolute atomic E-state index is 11.7. The summed E-state index contributed by atoms with van der Waals surface area (Å²) in [4.78, 5) is 11.2. The minimum absolute atomic E-state index is 0.0174. The van der Waals surface area contributed by atoms with Crippen LogP contribution in [0.5, 0.6) is 0 Å². The van der Waals surface area contributed by atoms with Crippen molar-refractivity contribution in [1.29, 1.82) is 0 Å². The van der Waals surface area contributed by atoms with E-state index in [1.165, 1.54) is 37.7 Å². The second kappa shape index (κ2) is 8.19. The maximum atomic E-state index is 11.7. The average molecular weight is 337 g/mol. The summed E-state index contributed by atoms with van der Waals surface area (Å²) in [7, 11) is 0. The SMILES string of the molecule is CCOC(=O)CC(C)C(C)(Cl)c1ccc(C2CCCCC2)cc1. The molecule has 23 heavy (non-hydrogen) atoms. The molecule has 2 nitrogen and oxygen atoms in total. The van der Waals surface area contributed by atoms with Crippen LogP contribution in [0.25, 0.3) is 0 Å². The third kappa shape index (κ3) is 4.73. The Kier molecular flexibility index (Phi) is 6.52. The molecule has 2 atom stereocenters. The molecule has 1 aliphatic rings. The quantitative estimate of drug-likeness (QED) is 0.486. The van der Waals surface area contributed by atoms with E-state index in [0.29, 0.717) is 18.9 Å². The number of esters is 1. The first-order chi connectivity index (χ1) is 10.9. The van der Waals surface area contributed by atoms with Gasteiger partial charge in [0.2, 0.25) is 0 Å². The van der Waals surface area contributed by atoms with Crippen molar-refractivity contribution in [3.8, 4) is 0 Å². The van der Waals surface area contributed by atoms with Crippen LogP contribution in [-0.4, -0.2) is 12.6 Å². The van der Waals surface area contributed by atoms with E-state index < -0.39 is 4.87 Å². The first-order valence-electron chi connectivity index (χ1n) is 8.90. The van der Waals surface area contributed by atoms with Crippen molar-refractivity contribution in [3.05, 3.63) is 35.4 Å². The fraction of sp³-hybridized carbons (Fsp3) is 0.650. The van der Waals surface area contributed by atoms with Crippen LogP contribution in [0.3, 0.4) is 0 Å². The molecule has 1 aliphatic carbocycles. The molecule has 1 saturated carbocycles. The number of ether oxygens (including phenoxy) is 1. The van der Waals surface area contributed by atoms with E-state index in [0.717, 1.165) is 5.56 Å². The Labute approximate surface area is 145 Å². The second-order valence-corrected chi connectivity index (χ2v) is 7.73. The molecule has 0 amide bonds. The van der Waals surface area contributed by atoms with Crippen LogP contribution < -0.4 is 0 Å². The van der Waals surface area contributed by atoms with E-state index in [9.17, 15) is 4.79 Å². The smallest absolute Gasteiger partial charge is 0.306 e. The largest absolute Gasteiger partial charge is 0.466 e. The lowest BCUT2D eigenvalue weighted by atomic mass is 9.81. The molecule has 0 aliphatic heterocycles. The van der Waals surface area contributed by atoms with Crippen molar-refractivity contribution >= 4 is 17.6 Å². The first kappa shape index (κ1) is 18.3. The highest BCUT2D eigenvalue weighted by Gasteiger charge is 2.32. The number of hydrogen-bond acceptors (Lipinski definition) is 2. The summed E-state index contributed by atoms with van der Waals surface area (Å²) in [5.74, 6) is 0.547. The van der Waals surface area contributed by atoms with E-state index in [2.05, 4.69) is 24.3 Å². The lowest BCUT2D eigenvalue weighted by Gasteiger charge is -2.30. The fourth-order valence-electron chi connectivity index (χ4n) is 3.46. The molecule has 0 radical (unpaired) electrons. The van der Waals surface area contributed by atoms with E-state index in [1.807, 2.05) is 20.8 Å². The van der Waals surface area contributed by atoms with Crippen molar-refractivity contribution < 1.29 is 9.53 Å². The molecule has 0 N–H and O–H groups in total. The van der Waals surface area contributed by atoms with Crippen LogP contribution in [-0.2, 0) is 14.4 Å². The highest BCUT2D eigenvalue weighted by Crippen LogP contribution is 2.40. The molecule has 1 aromatic rings. The predicted octanol–water partition coefficient (Wildman–Crippen LogP) is 5.78. The molecule has 1 fully saturated rings. The molecule has 0 spiro atoms.